The molecule has 0 saturated carbocycles. The Labute approximate surface area is 283 Å². The first kappa shape index (κ1) is 37.0. The second kappa shape index (κ2) is 19.2. The second-order valence-corrected chi connectivity index (χ2v) is 11.5. The Kier molecular flexibility index (Phi) is 15.5. The third-order valence-corrected chi connectivity index (χ3v) is 8.15. The molecule has 0 atom stereocenters. The topological polar surface area (TPSA) is 92.4 Å². The van der Waals surface area contributed by atoms with Gasteiger partial charge >= 0.3 is 0 Å². The van der Waals surface area contributed by atoms with Gasteiger partial charge in [0.1, 0.15) is 12.4 Å². The minimum absolute atomic E-state index is 0. The molecule has 11 heteroatoms. The zero-order valence-electron chi connectivity index (χ0n) is 27.0. The average molecular weight is 674 g/mol. The molecular formula is C35H46Cl2N4O5. The molecule has 9 nitrogen and oxygen atoms in total. The van der Waals surface area contributed by atoms with Crippen LogP contribution in [-0.2, 0) is 0 Å². The molecule has 0 unspecified atom stereocenters. The molecule has 0 spiro atoms. The number of nitrogens with one attached hydrogen (secondary N) is 2. The molecule has 46 heavy (non-hydrogen) atoms. The van der Waals surface area contributed by atoms with E-state index in [1.54, 1.807) is 49.6 Å². The van der Waals surface area contributed by atoms with E-state index >= 15 is 0 Å². The van der Waals surface area contributed by atoms with E-state index in [0.717, 1.165) is 43.4 Å². The Morgan fingerprint density at radius 2 is 1.33 bits per heavy atom. The summed E-state index contributed by atoms with van der Waals surface area (Å²) in [6, 6.07) is 17.5. The number of ether oxygens (including phenoxy) is 3. The first-order valence-electron chi connectivity index (χ1n) is 15.6. The van der Waals surface area contributed by atoms with E-state index in [0.29, 0.717) is 40.6 Å². The maximum atomic E-state index is 12.9. The highest BCUT2D eigenvalue weighted by molar-refractivity contribution is 6.18. The van der Waals surface area contributed by atoms with Crippen LogP contribution < -0.4 is 24.8 Å². The summed E-state index contributed by atoms with van der Waals surface area (Å²) < 4.78 is 16.3. The fraction of sp³-hybridized carbons (Fsp3) is 0.429. The normalized spacial score (nSPS) is 14.4. The van der Waals surface area contributed by atoms with Crippen molar-refractivity contribution in [2.45, 2.75) is 32.6 Å². The third kappa shape index (κ3) is 11.1. The lowest BCUT2D eigenvalue weighted by atomic mass is 10.1. The molecule has 3 aromatic carbocycles. The molecule has 5 rings (SSSR count). The van der Waals surface area contributed by atoms with Crippen molar-refractivity contribution in [3.8, 4) is 17.2 Å². The molecule has 2 heterocycles. The number of nitrogens with zero attached hydrogens (tertiary/aromatic N) is 2. The van der Waals surface area contributed by atoms with Crippen molar-refractivity contribution < 1.29 is 23.8 Å². The number of amides is 2. The van der Waals surface area contributed by atoms with E-state index in [4.69, 9.17) is 25.8 Å². The molecule has 2 aliphatic rings. The van der Waals surface area contributed by atoms with Gasteiger partial charge in [0.05, 0.1) is 14.2 Å². The summed E-state index contributed by atoms with van der Waals surface area (Å²) in [4.78, 5) is 30.5. The molecule has 2 aliphatic heterocycles. The van der Waals surface area contributed by atoms with Crippen LogP contribution in [0.3, 0.4) is 0 Å². The lowest BCUT2D eigenvalue weighted by molar-refractivity contribution is 0.101. The van der Waals surface area contributed by atoms with Crippen molar-refractivity contribution in [3.63, 3.8) is 0 Å². The number of hydrogen-bond donors (Lipinski definition) is 2. The molecule has 0 aromatic heterocycles. The minimum Gasteiger partial charge on any atom is -0.493 e. The highest BCUT2D eigenvalue weighted by Gasteiger charge is 2.14. The van der Waals surface area contributed by atoms with Crippen molar-refractivity contribution in [3.05, 3.63) is 77.4 Å². The first-order valence-corrected chi connectivity index (χ1v) is 16.1. The lowest BCUT2D eigenvalue weighted by Crippen LogP contribution is -2.25. The molecule has 0 aliphatic carbocycles. The van der Waals surface area contributed by atoms with E-state index in [-0.39, 0.29) is 24.2 Å². The number of carbonyl (C=O) groups excluding carboxylic acids is 2. The monoisotopic (exact) mass is 672 g/mol. The zero-order valence-corrected chi connectivity index (χ0v) is 28.6. The van der Waals surface area contributed by atoms with Gasteiger partial charge in [-0.25, -0.2) is 0 Å². The predicted molar refractivity (Wildman–Crippen MR) is 188 cm³/mol. The summed E-state index contributed by atoms with van der Waals surface area (Å²) in [5, 5.41) is 5.81. The second-order valence-electron chi connectivity index (χ2n) is 11.2. The molecule has 2 saturated heterocycles. The van der Waals surface area contributed by atoms with Gasteiger partial charge in [-0.05, 0) is 119 Å². The number of likely N-dealkylation sites (tertiary alicyclic amines) is 2. The number of benzene rings is 3. The third-order valence-electron chi connectivity index (χ3n) is 7.98. The highest BCUT2D eigenvalue weighted by atomic mass is 35.5. The van der Waals surface area contributed by atoms with Crippen LogP contribution in [0.2, 0.25) is 0 Å². The van der Waals surface area contributed by atoms with Crippen molar-refractivity contribution in [1.82, 2.24) is 9.80 Å². The Hall–Kier alpha value is -3.50. The SMILES string of the molecule is COc1ccc(C(=O)Nc2cc(NC(=O)c3ccc(OCCN4CCCC4)cc3)ccc2C)cc1OC.Cl.ClCCN1CCCC1. The number of alkyl halides is 1. The van der Waals surface area contributed by atoms with Crippen LogP contribution in [0.15, 0.2) is 60.7 Å². The Balaban J connectivity index is 0.000000559. The van der Waals surface area contributed by atoms with Gasteiger partial charge in [0.15, 0.2) is 11.5 Å². The van der Waals surface area contributed by atoms with Crippen molar-refractivity contribution in [2.75, 3.05) is 76.6 Å². The number of aryl methyl sites for hydroxylation is 1. The Morgan fingerprint density at radius 3 is 1.93 bits per heavy atom. The van der Waals surface area contributed by atoms with Crippen LogP contribution in [0.4, 0.5) is 11.4 Å². The van der Waals surface area contributed by atoms with Gasteiger partial charge in [-0.2, -0.15) is 0 Å². The van der Waals surface area contributed by atoms with Crippen molar-refractivity contribution >= 4 is 47.2 Å². The Morgan fingerprint density at radius 1 is 0.739 bits per heavy atom. The van der Waals surface area contributed by atoms with Gasteiger partial charge in [-0.1, -0.05) is 6.07 Å². The summed E-state index contributed by atoms with van der Waals surface area (Å²) in [6.07, 6.45) is 5.26. The summed E-state index contributed by atoms with van der Waals surface area (Å²) in [5.41, 5.74) is 2.98. The Bertz CT molecular complexity index is 1390. The summed E-state index contributed by atoms with van der Waals surface area (Å²) in [5.74, 6) is 2.00. The maximum Gasteiger partial charge on any atom is 0.255 e. The van der Waals surface area contributed by atoms with Gasteiger partial charge in [0.2, 0.25) is 0 Å². The standard InChI is InChI=1S/C29H33N3O5.C6H12ClN.ClH/c1-20-6-10-23(19-25(20)31-29(34)22-9-13-26(35-2)27(18-22)36-3)30-28(33)21-7-11-24(12-8-21)37-17-16-32-14-4-5-15-32;7-3-6-8-4-1-2-5-8;/h6-13,18-19H,4-5,14-17H2,1-3H3,(H,30,33)(H,31,34);1-6H2;1H. The number of rotatable bonds is 12. The summed E-state index contributed by atoms with van der Waals surface area (Å²) in [7, 11) is 3.06. The predicted octanol–water partition coefficient (Wildman–Crippen LogP) is 6.73. The van der Waals surface area contributed by atoms with Gasteiger partial charge in [-0.3, -0.25) is 14.5 Å². The van der Waals surface area contributed by atoms with Crippen molar-refractivity contribution in [1.29, 1.82) is 0 Å². The maximum absolute atomic E-state index is 12.9. The van der Waals surface area contributed by atoms with Gasteiger partial charge in [0.25, 0.3) is 11.8 Å². The molecule has 2 fully saturated rings. The number of methoxy groups -OCH3 is 2. The van der Waals surface area contributed by atoms with E-state index in [2.05, 4.69) is 20.4 Å². The molecule has 2 amide bonds. The highest BCUT2D eigenvalue weighted by Crippen LogP contribution is 2.28. The van der Waals surface area contributed by atoms with Gasteiger partial charge in [0, 0.05) is 41.5 Å². The summed E-state index contributed by atoms with van der Waals surface area (Å²) in [6.45, 7) is 9.35. The van der Waals surface area contributed by atoms with E-state index < -0.39 is 0 Å². The smallest absolute Gasteiger partial charge is 0.255 e. The van der Waals surface area contributed by atoms with Gasteiger partial charge < -0.3 is 29.7 Å². The number of anilines is 2. The quantitative estimate of drug-likeness (QED) is 0.206. The lowest BCUT2D eigenvalue weighted by Gasteiger charge is -2.15. The van der Waals surface area contributed by atoms with Crippen molar-refractivity contribution in [2.24, 2.45) is 0 Å². The number of halogens is 2. The van der Waals surface area contributed by atoms with E-state index in [9.17, 15) is 9.59 Å². The number of carbonyl (C=O) groups is 2. The fourth-order valence-electron chi connectivity index (χ4n) is 5.34. The average Bonchev–Trinajstić information content (AvgIpc) is 3.78. The van der Waals surface area contributed by atoms with Crippen LogP contribution in [0.5, 0.6) is 17.2 Å². The van der Waals surface area contributed by atoms with Crippen LogP contribution in [0.1, 0.15) is 52.0 Å². The van der Waals surface area contributed by atoms with E-state index in [1.807, 2.05) is 25.1 Å². The molecule has 0 bridgehead atoms. The fourth-order valence-corrected chi connectivity index (χ4v) is 5.58. The largest absolute Gasteiger partial charge is 0.493 e. The minimum atomic E-state index is -0.298. The van der Waals surface area contributed by atoms with Crippen LogP contribution in [0, 0.1) is 6.92 Å². The zero-order chi connectivity index (χ0) is 32.0. The molecule has 0 radical (unpaired) electrons. The molecular weight excluding hydrogens is 627 g/mol. The molecule has 3 aromatic rings. The summed E-state index contributed by atoms with van der Waals surface area (Å²) >= 11 is 5.54. The van der Waals surface area contributed by atoms with Crippen LogP contribution in [0.25, 0.3) is 0 Å². The number of hydrogen-bond acceptors (Lipinski definition) is 7. The first-order chi connectivity index (χ1) is 21.9. The van der Waals surface area contributed by atoms with E-state index in [1.165, 1.54) is 45.9 Å². The van der Waals surface area contributed by atoms with Crippen LogP contribution in [-0.4, -0.2) is 87.6 Å². The molecule has 250 valence electrons. The van der Waals surface area contributed by atoms with Gasteiger partial charge in [-0.15, -0.1) is 24.0 Å². The molecule has 2 N–H and O–H groups in total. The van der Waals surface area contributed by atoms with Crippen LogP contribution >= 0.6 is 24.0 Å².